The van der Waals surface area contributed by atoms with Crippen molar-refractivity contribution in [2.24, 2.45) is 0 Å². The number of hydrogen-bond acceptors (Lipinski definition) is 6. The van der Waals surface area contributed by atoms with E-state index < -0.39 is 0 Å². The number of aromatic nitrogens is 5. The SMILES string of the molecule is CN(C)c1ccc(NC(=O)c2cc(-c3ccc4nccnc4c3)n(-c3cccc(Br)n3)n2)cc1. The highest BCUT2D eigenvalue weighted by Crippen LogP contribution is 2.27. The molecule has 0 aliphatic carbocycles. The zero-order valence-electron chi connectivity index (χ0n) is 18.5. The van der Waals surface area contributed by atoms with Gasteiger partial charge in [0.15, 0.2) is 11.5 Å². The van der Waals surface area contributed by atoms with Crippen LogP contribution in [0.25, 0.3) is 28.1 Å². The van der Waals surface area contributed by atoms with Gasteiger partial charge in [-0.05, 0) is 70.5 Å². The Morgan fingerprint density at radius 2 is 1.71 bits per heavy atom. The summed E-state index contributed by atoms with van der Waals surface area (Å²) < 4.78 is 2.33. The molecule has 1 amide bonds. The van der Waals surface area contributed by atoms with Gasteiger partial charge in [0.25, 0.3) is 5.91 Å². The maximum absolute atomic E-state index is 13.1. The molecule has 2 aromatic carbocycles. The van der Waals surface area contributed by atoms with E-state index in [0.717, 1.165) is 22.3 Å². The molecule has 0 spiro atoms. The molecule has 5 rings (SSSR count). The third kappa shape index (κ3) is 4.38. The van der Waals surface area contributed by atoms with E-state index in [1.807, 2.05) is 79.7 Å². The standard InChI is InChI=1S/C25H20BrN7O/c1-32(2)18-9-7-17(8-10-18)29-25(34)21-15-22(33(31-21)24-5-3-4-23(26)30-24)16-6-11-19-20(14-16)28-13-12-27-19/h3-15H,1-2H3,(H,29,34). The van der Waals surface area contributed by atoms with Gasteiger partial charge in [-0.1, -0.05) is 12.1 Å². The molecule has 0 aliphatic heterocycles. The normalized spacial score (nSPS) is 10.9. The zero-order valence-corrected chi connectivity index (χ0v) is 20.1. The van der Waals surface area contributed by atoms with Gasteiger partial charge >= 0.3 is 0 Å². The molecule has 34 heavy (non-hydrogen) atoms. The molecule has 0 fully saturated rings. The summed E-state index contributed by atoms with van der Waals surface area (Å²) in [6.45, 7) is 0. The fraction of sp³-hybridized carbons (Fsp3) is 0.0800. The highest BCUT2D eigenvalue weighted by molar-refractivity contribution is 9.10. The minimum absolute atomic E-state index is 0.271. The second-order valence-corrected chi connectivity index (χ2v) is 8.61. The summed E-state index contributed by atoms with van der Waals surface area (Å²) >= 11 is 3.42. The summed E-state index contributed by atoms with van der Waals surface area (Å²) in [4.78, 5) is 28.4. The summed E-state index contributed by atoms with van der Waals surface area (Å²) in [5.41, 5.74) is 5.10. The Labute approximate surface area is 204 Å². The molecule has 0 unspecified atom stereocenters. The average molecular weight is 514 g/mol. The van der Waals surface area contributed by atoms with Gasteiger partial charge in [-0.3, -0.25) is 14.8 Å². The number of hydrogen-bond donors (Lipinski definition) is 1. The number of carbonyl (C=O) groups is 1. The van der Waals surface area contributed by atoms with Crippen LogP contribution in [0.15, 0.2) is 83.7 Å². The van der Waals surface area contributed by atoms with Gasteiger partial charge in [0.2, 0.25) is 0 Å². The minimum atomic E-state index is -0.312. The third-order valence-corrected chi connectivity index (χ3v) is 5.71. The first-order valence-corrected chi connectivity index (χ1v) is 11.3. The van der Waals surface area contributed by atoms with Gasteiger partial charge in [0.1, 0.15) is 4.60 Å². The summed E-state index contributed by atoms with van der Waals surface area (Å²) in [6.07, 6.45) is 3.31. The highest BCUT2D eigenvalue weighted by Gasteiger charge is 2.18. The number of pyridine rings is 1. The average Bonchev–Trinajstić information content (AvgIpc) is 3.30. The Morgan fingerprint density at radius 1 is 0.941 bits per heavy atom. The van der Waals surface area contributed by atoms with Crippen LogP contribution in [0.5, 0.6) is 0 Å². The minimum Gasteiger partial charge on any atom is -0.378 e. The van der Waals surface area contributed by atoms with Crippen molar-refractivity contribution in [2.45, 2.75) is 0 Å². The summed E-state index contributed by atoms with van der Waals surface area (Å²) in [5, 5.41) is 7.52. The van der Waals surface area contributed by atoms with Crippen molar-refractivity contribution < 1.29 is 4.79 Å². The van der Waals surface area contributed by atoms with Gasteiger partial charge in [-0.15, -0.1) is 0 Å². The van der Waals surface area contributed by atoms with Crippen LogP contribution in [0.4, 0.5) is 11.4 Å². The Balaban J connectivity index is 1.55. The van der Waals surface area contributed by atoms with Crippen molar-refractivity contribution in [1.29, 1.82) is 0 Å². The molecular formula is C25H20BrN7O. The van der Waals surface area contributed by atoms with E-state index in [1.165, 1.54) is 0 Å². The Hall–Kier alpha value is -4.11. The molecule has 9 heteroatoms. The lowest BCUT2D eigenvalue weighted by atomic mass is 10.1. The largest absolute Gasteiger partial charge is 0.378 e. The van der Waals surface area contributed by atoms with Crippen LogP contribution < -0.4 is 10.2 Å². The fourth-order valence-corrected chi connectivity index (χ4v) is 3.88. The van der Waals surface area contributed by atoms with E-state index in [4.69, 9.17) is 0 Å². The molecule has 0 saturated heterocycles. The van der Waals surface area contributed by atoms with E-state index in [0.29, 0.717) is 21.8 Å². The number of benzene rings is 2. The van der Waals surface area contributed by atoms with Gasteiger partial charge < -0.3 is 10.2 Å². The van der Waals surface area contributed by atoms with Crippen LogP contribution in [0.3, 0.4) is 0 Å². The van der Waals surface area contributed by atoms with Crippen LogP contribution in [-0.4, -0.2) is 44.7 Å². The van der Waals surface area contributed by atoms with Gasteiger partial charge in [-0.2, -0.15) is 5.10 Å². The smallest absolute Gasteiger partial charge is 0.276 e. The molecule has 5 aromatic rings. The summed E-state index contributed by atoms with van der Waals surface area (Å²) in [6, 6.07) is 20.7. The van der Waals surface area contributed by atoms with E-state index in [9.17, 15) is 4.79 Å². The third-order valence-electron chi connectivity index (χ3n) is 5.27. The van der Waals surface area contributed by atoms with Crippen molar-refractivity contribution in [1.82, 2.24) is 24.7 Å². The Bertz CT molecular complexity index is 1500. The van der Waals surface area contributed by atoms with E-state index in [-0.39, 0.29) is 11.6 Å². The van der Waals surface area contributed by atoms with Crippen LogP contribution >= 0.6 is 15.9 Å². The lowest BCUT2D eigenvalue weighted by molar-refractivity contribution is 0.102. The van der Waals surface area contributed by atoms with Crippen molar-refractivity contribution in [2.75, 3.05) is 24.3 Å². The van der Waals surface area contributed by atoms with Crippen LogP contribution in [0.2, 0.25) is 0 Å². The Morgan fingerprint density at radius 3 is 2.44 bits per heavy atom. The number of fused-ring (bicyclic) bond motifs is 1. The molecule has 0 atom stereocenters. The van der Waals surface area contributed by atoms with Gasteiger partial charge in [-0.25, -0.2) is 9.67 Å². The lowest BCUT2D eigenvalue weighted by Crippen LogP contribution is -2.14. The molecule has 3 aromatic heterocycles. The van der Waals surface area contributed by atoms with E-state index >= 15 is 0 Å². The van der Waals surface area contributed by atoms with Crippen molar-refractivity contribution in [3.05, 3.63) is 89.4 Å². The number of nitrogens with one attached hydrogen (secondary N) is 1. The number of halogens is 1. The topological polar surface area (TPSA) is 88.8 Å². The predicted molar refractivity (Wildman–Crippen MR) is 136 cm³/mol. The van der Waals surface area contributed by atoms with Gasteiger partial charge in [0, 0.05) is 43.4 Å². The highest BCUT2D eigenvalue weighted by atomic mass is 79.9. The number of nitrogens with zero attached hydrogens (tertiary/aromatic N) is 6. The predicted octanol–water partition coefficient (Wildman–Crippen LogP) is 4.96. The van der Waals surface area contributed by atoms with Gasteiger partial charge in [0.05, 0.1) is 16.7 Å². The molecule has 1 N–H and O–H groups in total. The first-order chi connectivity index (χ1) is 16.5. The Kier molecular flexibility index (Phi) is 5.77. The molecule has 0 aliphatic rings. The van der Waals surface area contributed by atoms with E-state index in [1.54, 1.807) is 23.1 Å². The molecule has 3 heterocycles. The first kappa shape index (κ1) is 21.7. The maximum atomic E-state index is 13.1. The first-order valence-electron chi connectivity index (χ1n) is 10.5. The van der Waals surface area contributed by atoms with Crippen molar-refractivity contribution in [3.8, 4) is 17.1 Å². The second-order valence-electron chi connectivity index (χ2n) is 7.80. The van der Waals surface area contributed by atoms with Crippen LogP contribution in [0, 0.1) is 0 Å². The van der Waals surface area contributed by atoms with Crippen LogP contribution in [0.1, 0.15) is 10.5 Å². The van der Waals surface area contributed by atoms with Crippen molar-refractivity contribution in [3.63, 3.8) is 0 Å². The maximum Gasteiger partial charge on any atom is 0.276 e. The molecule has 0 bridgehead atoms. The number of anilines is 2. The molecule has 0 saturated carbocycles. The molecule has 0 radical (unpaired) electrons. The molecular weight excluding hydrogens is 494 g/mol. The number of carbonyl (C=O) groups excluding carboxylic acids is 1. The molecule has 8 nitrogen and oxygen atoms in total. The lowest BCUT2D eigenvalue weighted by Gasteiger charge is -2.12. The fourth-order valence-electron chi connectivity index (χ4n) is 3.55. The quantitative estimate of drug-likeness (QED) is 0.334. The zero-order chi connectivity index (χ0) is 23.7. The van der Waals surface area contributed by atoms with Crippen LogP contribution in [-0.2, 0) is 0 Å². The summed E-state index contributed by atoms with van der Waals surface area (Å²) in [7, 11) is 3.94. The van der Waals surface area contributed by atoms with Crippen molar-refractivity contribution >= 4 is 44.2 Å². The second kappa shape index (κ2) is 9.03. The monoisotopic (exact) mass is 513 g/mol. The van der Waals surface area contributed by atoms with E-state index in [2.05, 4.69) is 41.3 Å². The summed E-state index contributed by atoms with van der Waals surface area (Å²) in [5.74, 6) is 0.270. The molecule has 168 valence electrons. The number of amides is 1. The number of rotatable bonds is 5.